The number of carbonyl (C=O) groups excluding carboxylic acids is 1. The first-order valence-electron chi connectivity index (χ1n) is 4.75. The van der Waals surface area contributed by atoms with Gasteiger partial charge in [-0.15, -0.1) is 0 Å². The summed E-state index contributed by atoms with van der Waals surface area (Å²) in [7, 11) is 0. The van der Waals surface area contributed by atoms with E-state index in [0.717, 1.165) is 0 Å². The fourth-order valence-corrected chi connectivity index (χ4v) is 1.35. The third-order valence-electron chi connectivity index (χ3n) is 2.04. The molecule has 0 radical (unpaired) electrons. The third kappa shape index (κ3) is 2.94. The maximum absolute atomic E-state index is 11.5. The topological polar surface area (TPSA) is 49.3 Å². The molecule has 4 heteroatoms. The maximum atomic E-state index is 11.5. The molecular formula is C11H14ClNO2. The average molecular weight is 228 g/mol. The third-order valence-corrected chi connectivity index (χ3v) is 2.36. The summed E-state index contributed by atoms with van der Waals surface area (Å²) in [4.78, 5) is 11.5. The van der Waals surface area contributed by atoms with Crippen LogP contribution in [0.25, 0.3) is 0 Å². The first-order valence-corrected chi connectivity index (χ1v) is 5.13. The van der Waals surface area contributed by atoms with Crippen LogP contribution in [0.2, 0.25) is 5.02 Å². The van der Waals surface area contributed by atoms with Crippen LogP contribution >= 0.6 is 11.6 Å². The minimum absolute atomic E-state index is 0.113. The lowest BCUT2D eigenvalue weighted by Crippen LogP contribution is -2.19. The number of amides is 1. The molecule has 1 aromatic carbocycles. The summed E-state index contributed by atoms with van der Waals surface area (Å²) in [5.74, 6) is -0.231. The molecule has 1 amide bonds. The summed E-state index contributed by atoms with van der Waals surface area (Å²) in [5, 5.41) is 12.2. The number of rotatable bonds is 3. The molecular weight excluding hydrogens is 214 g/mol. The lowest BCUT2D eigenvalue weighted by molar-refractivity contribution is -0.118. The van der Waals surface area contributed by atoms with Gasteiger partial charge in [0.05, 0.1) is 17.3 Å². The van der Waals surface area contributed by atoms with Gasteiger partial charge in [0.15, 0.2) is 0 Å². The second kappa shape index (κ2) is 5.14. The molecule has 82 valence electrons. The number of para-hydroxylation sites is 1. The van der Waals surface area contributed by atoms with E-state index in [2.05, 4.69) is 5.32 Å². The normalized spacial score (nSPS) is 10.5. The lowest BCUT2D eigenvalue weighted by atomic mass is 10.1. The van der Waals surface area contributed by atoms with Gasteiger partial charge in [0, 0.05) is 11.5 Å². The molecule has 0 aliphatic heterocycles. The number of benzene rings is 1. The average Bonchev–Trinajstić information content (AvgIpc) is 2.20. The molecule has 0 heterocycles. The molecule has 0 bridgehead atoms. The maximum Gasteiger partial charge on any atom is 0.226 e. The largest absolute Gasteiger partial charge is 0.392 e. The number of nitrogens with one attached hydrogen (secondary N) is 1. The molecule has 1 rings (SSSR count). The van der Waals surface area contributed by atoms with Gasteiger partial charge in [-0.05, 0) is 6.07 Å². The number of hydrogen-bond acceptors (Lipinski definition) is 2. The second-order valence-corrected chi connectivity index (χ2v) is 3.98. The van der Waals surface area contributed by atoms with Crippen molar-refractivity contribution >= 4 is 23.2 Å². The van der Waals surface area contributed by atoms with Crippen molar-refractivity contribution in [1.82, 2.24) is 0 Å². The quantitative estimate of drug-likeness (QED) is 0.833. The number of aliphatic hydroxyl groups is 1. The van der Waals surface area contributed by atoms with Crippen LogP contribution in [0, 0.1) is 5.92 Å². The van der Waals surface area contributed by atoms with Crippen molar-refractivity contribution in [1.29, 1.82) is 0 Å². The van der Waals surface area contributed by atoms with Crippen molar-refractivity contribution in [3.8, 4) is 0 Å². The van der Waals surface area contributed by atoms with Crippen LogP contribution in [-0.4, -0.2) is 11.0 Å². The zero-order chi connectivity index (χ0) is 11.4. The van der Waals surface area contributed by atoms with Crippen LogP contribution in [0.15, 0.2) is 18.2 Å². The van der Waals surface area contributed by atoms with E-state index in [-0.39, 0.29) is 18.4 Å². The number of halogens is 1. The molecule has 0 aromatic heterocycles. The van der Waals surface area contributed by atoms with Crippen LogP contribution in [0.3, 0.4) is 0 Å². The molecule has 15 heavy (non-hydrogen) atoms. The minimum Gasteiger partial charge on any atom is -0.392 e. The number of hydrogen-bond donors (Lipinski definition) is 2. The first kappa shape index (κ1) is 12.0. The van der Waals surface area contributed by atoms with Gasteiger partial charge in [-0.3, -0.25) is 4.79 Å². The summed E-state index contributed by atoms with van der Waals surface area (Å²) < 4.78 is 0. The molecule has 3 nitrogen and oxygen atoms in total. The van der Waals surface area contributed by atoms with Crippen LogP contribution < -0.4 is 5.32 Å². The van der Waals surface area contributed by atoms with Crippen molar-refractivity contribution in [3.05, 3.63) is 28.8 Å². The number of aliphatic hydroxyl groups excluding tert-OH is 1. The Morgan fingerprint density at radius 2 is 2.20 bits per heavy atom. The predicted molar refractivity (Wildman–Crippen MR) is 60.8 cm³/mol. The fraction of sp³-hybridized carbons (Fsp3) is 0.364. The number of anilines is 1. The molecule has 0 saturated carbocycles. The molecule has 0 saturated heterocycles. The molecule has 2 N–H and O–H groups in total. The molecule has 0 unspecified atom stereocenters. The van der Waals surface area contributed by atoms with Gasteiger partial charge in [0.25, 0.3) is 0 Å². The van der Waals surface area contributed by atoms with E-state index in [1.165, 1.54) is 0 Å². The Morgan fingerprint density at radius 3 is 2.73 bits per heavy atom. The lowest BCUT2D eigenvalue weighted by Gasteiger charge is -2.12. The highest BCUT2D eigenvalue weighted by Crippen LogP contribution is 2.26. The van der Waals surface area contributed by atoms with Gasteiger partial charge in [-0.2, -0.15) is 0 Å². The van der Waals surface area contributed by atoms with E-state index in [1.54, 1.807) is 32.0 Å². The molecule has 0 spiro atoms. The molecule has 1 aromatic rings. The van der Waals surface area contributed by atoms with Crippen molar-refractivity contribution in [3.63, 3.8) is 0 Å². The van der Waals surface area contributed by atoms with Crippen LogP contribution in [-0.2, 0) is 11.4 Å². The molecule has 0 atom stereocenters. The highest BCUT2D eigenvalue weighted by atomic mass is 35.5. The zero-order valence-electron chi connectivity index (χ0n) is 8.75. The van der Waals surface area contributed by atoms with Gasteiger partial charge < -0.3 is 10.4 Å². The Balaban J connectivity index is 2.97. The highest BCUT2D eigenvalue weighted by Gasteiger charge is 2.12. The number of carbonyl (C=O) groups is 1. The minimum atomic E-state index is -0.145. The van der Waals surface area contributed by atoms with Gasteiger partial charge >= 0.3 is 0 Å². The summed E-state index contributed by atoms with van der Waals surface area (Å²) in [5.41, 5.74) is 1.12. The molecule has 0 aliphatic rings. The Bertz CT molecular complexity index is 364. The van der Waals surface area contributed by atoms with E-state index in [0.29, 0.717) is 16.3 Å². The summed E-state index contributed by atoms with van der Waals surface area (Å²) >= 11 is 5.93. The summed E-state index contributed by atoms with van der Waals surface area (Å²) in [6, 6.07) is 5.14. The van der Waals surface area contributed by atoms with Gasteiger partial charge in [0.2, 0.25) is 5.91 Å². The Morgan fingerprint density at radius 1 is 1.53 bits per heavy atom. The van der Waals surface area contributed by atoms with Gasteiger partial charge in [-0.25, -0.2) is 0 Å². The van der Waals surface area contributed by atoms with E-state index in [9.17, 15) is 4.79 Å². The highest BCUT2D eigenvalue weighted by molar-refractivity contribution is 6.33. The second-order valence-electron chi connectivity index (χ2n) is 3.58. The monoisotopic (exact) mass is 227 g/mol. The fourth-order valence-electron chi connectivity index (χ4n) is 1.11. The van der Waals surface area contributed by atoms with Crippen molar-refractivity contribution in [2.24, 2.45) is 5.92 Å². The van der Waals surface area contributed by atoms with Gasteiger partial charge in [-0.1, -0.05) is 37.6 Å². The van der Waals surface area contributed by atoms with Crippen LogP contribution in [0.5, 0.6) is 0 Å². The molecule has 0 aliphatic carbocycles. The smallest absolute Gasteiger partial charge is 0.226 e. The van der Waals surface area contributed by atoms with Crippen LogP contribution in [0.4, 0.5) is 5.69 Å². The van der Waals surface area contributed by atoms with Gasteiger partial charge in [0.1, 0.15) is 0 Å². The standard InChI is InChI=1S/C11H14ClNO2/c1-7(2)11(15)13-10-8(6-14)4-3-5-9(10)12/h3-5,7,14H,6H2,1-2H3,(H,13,15). The van der Waals surface area contributed by atoms with Crippen LogP contribution in [0.1, 0.15) is 19.4 Å². The Labute approximate surface area is 94.1 Å². The predicted octanol–water partition coefficient (Wildman–Crippen LogP) is 2.43. The van der Waals surface area contributed by atoms with E-state index < -0.39 is 0 Å². The van der Waals surface area contributed by atoms with Crippen molar-refractivity contribution < 1.29 is 9.90 Å². The Kier molecular flexibility index (Phi) is 4.12. The SMILES string of the molecule is CC(C)C(=O)Nc1c(Cl)cccc1CO. The van der Waals surface area contributed by atoms with Crippen molar-refractivity contribution in [2.75, 3.05) is 5.32 Å². The summed E-state index contributed by atoms with van der Waals surface area (Å²) in [6.45, 7) is 3.45. The van der Waals surface area contributed by atoms with Crippen molar-refractivity contribution in [2.45, 2.75) is 20.5 Å². The Hall–Kier alpha value is -1.06. The molecule has 0 fully saturated rings. The van der Waals surface area contributed by atoms with E-state index in [4.69, 9.17) is 16.7 Å². The first-order chi connectivity index (χ1) is 7.06. The van der Waals surface area contributed by atoms with E-state index >= 15 is 0 Å². The zero-order valence-corrected chi connectivity index (χ0v) is 9.51. The summed E-state index contributed by atoms with van der Waals surface area (Å²) in [6.07, 6.45) is 0. The van der Waals surface area contributed by atoms with E-state index in [1.807, 2.05) is 0 Å².